The molecule has 1 aromatic carbocycles. The molecule has 2 aliphatic rings. The predicted octanol–water partition coefficient (Wildman–Crippen LogP) is 2.02. The van der Waals surface area contributed by atoms with Gasteiger partial charge < -0.3 is 10.4 Å². The van der Waals surface area contributed by atoms with Crippen LogP contribution < -0.4 is 5.32 Å². The molecular weight excluding hydrogens is 228 g/mol. The summed E-state index contributed by atoms with van der Waals surface area (Å²) in [5, 5.41) is 11.3. The van der Waals surface area contributed by atoms with Gasteiger partial charge in [-0.2, -0.15) is 0 Å². The fraction of sp³-hybridized carbons (Fsp3) is 0.500. The molecule has 1 aliphatic heterocycles. The van der Waals surface area contributed by atoms with Crippen molar-refractivity contribution in [1.29, 1.82) is 0 Å². The standard InChI is InChI=1S/C14H18N2O2/c17-14(18)15-11-7-8-16(9-11)13-6-5-10-3-1-2-4-12(10)13/h1-4,11,13,15H,5-9H2,(H,17,18)/t11?,13-/m0/s1. The Bertz CT molecular complexity index is 461. The maximum Gasteiger partial charge on any atom is 0.404 e. The van der Waals surface area contributed by atoms with Crippen molar-refractivity contribution >= 4 is 6.09 Å². The van der Waals surface area contributed by atoms with Gasteiger partial charge in [0.25, 0.3) is 0 Å². The van der Waals surface area contributed by atoms with E-state index in [-0.39, 0.29) is 6.04 Å². The van der Waals surface area contributed by atoms with E-state index in [1.165, 1.54) is 17.5 Å². The first-order chi connectivity index (χ1) is 8.74. The second kappa shape index (κ2) is 4.61. The van der Waals surface area contributed by atoms with Gasteiger partial charge in [0.1, 0.15) is 0 Å². The highest BCUT2D eigenvalue weighted by Crippen LogP contribution is 2.37. The van der Waals surface area contributed by atoms with Gasteiger partial charge in [-0.15, -0.1) is 0 Å². The number of nitrogens with zero attached hydrogens (tertiary/aromatic N) is 1. The third kappa shape index (κ3) is 2.08. The molecular formula is C14H18N2O2. The number of likely N-dealkylation sites (tertiary alicyclic amines) is 1. The van der Waals surface area contributed by atoms with Gasteiger partial charge in [0.05, 0.1) is 0 Å². The van der Waals surface area contributed by atoms with Crippen molar-refractivity contribution in [3.63, 3.8) is 0 Å². The maximum atomic E-state index is 10.7. The number of hydrogen-bond acceptors (Lipinski definition) is 2. The van der Waals surface area contributed by atoms with Gasteiger partial charge in [0, 0.05) is 25.2 Å². The number of benzene rings is 1. The summed E-state index contributed by atoms with van der Waals surface area (Å²) in [6.45, 7) is 1.83. The molecule has 3 rings (SSSR count). The van der Waals surface area contributed by atoms with Gasteiger partial charge in [-0.3, -0.25) is 4.90 Å². The van der Waals surface area contributed by atoms with E-state index in [0.717, 1.165) is 25.9 Å². The van der Waals surface area contributed by atoms with Gasteiger partial charge in [-0.05, 0) is 30.4 Å². The second-order valence-corrected chi connectivity index (χ2v) is 5.18. The van der Waals surface area contributed by atoms with Crippen LogP contribution in [0.2, 0.25) is 0 Å². The van der Waals surface area contributed by atoms with Crippen molar-refractivity contribution in [3.8, 4) is 0 Å². The first kappa shape index (κ1) is 11.5. The summed E-state index contributed by atoms with van der Waals surface area (Å²) >= 11 is 0. The molecule has 1 saturated heterocycles. The minimum absolute atomic E-state index is 0.0928. The number of nitrogens with one attached hydrogen (secondary N) is 1. The van der Waals surface area contributed by atoms with Crippen molar-refractivity contribution in [3.05, 3.63) is 35.4 Å². The van der Waals surface area contributed by atoms with E-state index in [2.05, 4.69) is 34.5 Å². The van der Waals surface area contributed by atoms with Gasteiger partial charge in [0.15, 0.2) is 0 Å². The summed E-state index contributed by atoms with van der Waals surface area (Å²) in [7, 11) is 0. The summed E-state index contributed by atoms with van der Waals surface area (Å²) in [6.07, 6.45) is 2.33. The number of carbonyl (C=O) groups is 1. The zero-order chi connectivity index (χ0) is 12.5. The third-order valence-electron chi connectivity index (χ3n) is 4.09. The average molecular weight is 246 g/mol. The maximum absolute atomic E-state index is 10.7. The van der Waals surface area contributed by atoms with Crippen LogP contribution in [0.1, 0.15) is 30.0 Å². The lowest BCUT2D eigenvalue weighted by atomic mass is 10.1. The molecule has 0 spiro atoms. The molecule has 1 heterocycles. The summed E-state index contributed by atoms with van der Waals surface area (Å²) in [4.78, 5) is 13.1. The lowest BCUT2D eigenvalue weighted by molar-refractivity contribution is 0.187. The molecule has 0 aromatic heterocycles. The first-order valence-corrected chi connectivity index (χ1v) is 6.55. The highest BCUT2D eigenvalue weighted by molar-refractivity contribution is 5.64. The van der Waals surface area contributed by atoms with Crippen LogP contribution in [0, 0.1) is 0 Å². The molecule has 1 aliphatic carbocycles. The normalized spacial score (nSPS) is 27.1. The lowest BCUT2D eigenvalue weighted by Crippen LogP contribution is -2.36. The van der Waals surface area contributed by atoms with Crippen LogP contribution in [0.4, 0.5) is 4.79 Å². The summed E-state index contributed by atoms with van der Waals surface area (Å²) in [5.74, 6) is 0. The lowest BCUT2D eigenvalue weighted by Gasteiger charge is -2.24. The van der Waals surface area contributed by atoms with Crippen molar-refractivity contribution in [1.82, 2.24) is 10.2 Å². The Morgan fingerprint density at radius 2 is 2.17 bits per heavy atom. The molecule has 2 atom stereocenters. The molecule has 4 heteroatoms. The largest absolute Gasteiger partial charge is 0.465 e. The zero-order valence-corrected chi connectivity index (χ0v) is 10.3. The first-order valence-electron chi connectivity index (χ1n) is 6.55. The molecule has 1 amide bonds. The van der Waals surface area contributed by atoms with Crippen LogP contribution in [0.3, 0.4) is 0 Å². The van der Waals surface area contributed by atoms with Crippen LogP contribution in [0.15, 0.2) is 24.3 Å². The zero-order valence-electron chi connectivity index (χ0n) is 10.3. The number of fused-ring (bicyclic) bond motifs is 1. The van der Waals surface area contributed by atoms with Crippen molar-refractivity contribution in [2.24, 2.45) is 0 Å². The van der Waals surface area contributed by atoms with Gasteiger partial charge in [-0.25, -0.2) is 4.79 Å². The molecule has 1 unspecified atom stereocenters. The number of carboxylic acid groups (broad SMARTS) is 1. The van der Waals surface area contributed by atoms with Gasteiger partial charge in [-0.1, -0.05) is 24.3 Å². The van der Waals surface area contributed by atoms with E-state index in [1.54, 1.807) is 0 Å². The Morgan fingerprint density at radius 1 is 1.33 bits per heavy atom. The molecule has 0 bridgehead atoms. The summed E-state index contributed by atoms with van der Waals surface area (Å²) in [6, 6.07) is 9.20. The number of aryl methyl sites for hydroxylation is 1. The Hall–Kier alpha value is -1.55. The Labute approximate surface area is 107 Å². The smallest absolute Gasteiger partial charge is 0.404 e. The summed E-state index contributed by atoms with van der Waals surface area (Å²) in [5.41, 5.74) is 2.89. The highest BCUT2D eigenvalue weighted by Gasteiger charge is 2.33. The van der Waals surface area contributed by atoms with E-state index in [9.17, 15) is 4.79 Å². The number of amides is 1. The fourth-order valence-electron chi connectivity index (χ4n) is 3.28. The SMILES string of the molecule is O=C(O)NC1CCN([C@H]2CCc3ccccc32)C1. The van der Waals surface area contributed by atoms with Gasteiger partial charge in [0.2, 0.25) is 0 Å². The molecule has 0 radical (unpaired) electrons. The minimum atomic E-state index is -0.909. The van der Waals surface area contributed by atoms with Crippen molar-refractivity contribution in [2.75, 3.05) is 13.1 Å². The Morgan fingerprint density at radius 3 is 3.00 bits per heavy atom. The van der Waals surface area contributed by atoms with Crippen molar-refractivity contribution in [2.45, 2.75) is 31.3 Å². The summed E-state index contributed by atoms with van der Waals surface area (Å²) < 4.78 is 0. The average Bonchev–Trinajstić information content (AvgIpc) is 2.94. The predicted molar refractivity (Wildman–Crippen MR) is 68.6 cm³/mol. The molecule has 0 saturated carbocycles. The molecule has 1 aromatic rings. The van der Waals surface area contributed by atoms with Crippen LogP contribution in [0.5, 0.6) is 0 Å². The molecule has 4 nitrogen and oxygen atoms in total. The van der Waals surface area contributed by atoms with E-state index < -0.39 is 6.09 Å². The Balaban J connectivity index is 1.69. The minimum Gasteiger partial charge on any atom is -0.465 e. The number of hydrogen-bond donors (Lipinski definition) is 2. The van der Waals surface area contributed by atoms with E-state index in [0.29, 0.717) is 6.04 Å². The monoisotopic (exact) mass is 246 g/mol. The third-order valence-corrected chi connectivity index (χ3v) is 4.09. The van der Waals surface area contributed by atoms with E-state index >= 15 is 0 Å². The number of rotatable bonds is 2. The topological polar surface area (TPSA) is 52.6 Å². The van der Waals surface area contributed by atoms with Crippen LogP contribution in [-0.4, -0.2) is 35.2 Å². The van der Waals surface area contributed by atoms with Crippen molar-refractivity contribution < 1.29 is 9.90 Å². The highest BCUT2D eigenvalue weighted by atomic mass is 16.4. The van der Waals surface area contributed by atoms with Crippen LogP contribution >= 0.6 is 0 Å². The van der Waals surface area contributed by atoms with Crippen LogP contribution in [0.25, 0.3) is 0 Å². The van der Waals surface area contributed by atoms with E-state index in [1.807, 2.05) is 0 Å². The quantitative estimate of drug-likeness (QED) is 0.839. The molecule has 1 fully saturated rings. The molecule has 96 valence electrons. The van der Waals surface area contributed by atoms with Crippen LogP contribution in [-0.2, 0) is 6.42 Å². The molecule has 2 N–H and O–H groups in total. The van der Waals surface area contributed by atoms with E-state index in [4.69, 9.17) is 5.11 Å². The van der Waals surface area contributed by atoms with Gasteiger partial charge >= 0.3 is 6.09 Å². The Kier molecular flexibility index (Phi) is 2.96. The molecule has 18 heavy (non-hydrogen) atoms. The second-order valence-electron chi connectivity index (χ2n) is 5.18. The fourth-order valence-corrected chi connectivity index (χ4v) is 3.28.